The highest BCUT2D eigenvalue weighted by molar-refractivity contribution is 9.10. The van der Waals surface area contributed by atoms with Gasteiger partial charge in [0.15, 0.2) is 5.78 Å². The van der Waals surface area contributed by atoms with E-state index in [1.165, 1.54) is 0 Å². The van der Waals surface area contributed by atoms with Gasteiger partial charge in [-0.3, -0.25) is 9.59 Å². The van der Waals surface area contributed by atoms with Gasteiger partial charge in [-0.25, -0.2) is 0 Å². The van der Waals surface area contributed by atoms with Crippen molar-refractivity contribution in [3.8, 4) is 0 Å². The Morgan fingerprint density at radius 3 is 2.47 bits per heavy atom. The molecule has 0 atom stereocenters. The number of primary amides is 1. The molecule has 2 N–H and O–H groups in total. The third kappa shape index (κ3) is 3.15. The summed E-state index contributed by atoms with van der Waals surface area (Å²) in [6.45, 7) is 3.09. The standard InChI is InChI=1S/C14H17BrN2O2/c1-9(18)12-8-11(15)2-3-13(12)17-6-4-10(5-7-17)14(16)19/h2-3,8,10H,4-7H2,1H3,(H2,16,19). The maximum Gasteiger partial charge on any atom is 0.220 e. The molecule has 0 saturated carbocycles. The number of rotatable bonds is 3. The van der Waals surface area contributed by atoms with Gasteiger partial charge in [-0.05, 0) is 38.0 Å². The molecule has 1 aromatic rings. The van der Waals surface area contributed by atoms with Crippen molar-refractivity contribution < 1.29 is 9.59 Å². The Labute approximate surface area is 121 Å². The predicted octanol–water partition coefficient (Wildman–Crippen LogP) is 2.35. The molecule has 5 heteroatoms. The number of carbonyl (C=O) groups is 2. The molecule has 1 aliphatic heterocycles. The summed E-state index contributed by atoms with van der Waals surface area (Å²) in [6, 6.07) is 5.73. The molecule has 0 unspecified atom stereocenters. The number of nitrogens with two attached hydrogens (primary N) is 1. The van der Waals surface area contributed by atoms with Gasteiger partial charge in [-0.1, -0.05) is 15.9 Å². The average Bonchev–Trinajstić information content (AvgIpc) is 2.38. The number of hydrogen-bond acceptors (Lipinski definition) is 3. The van der Waals surface area contributed by atoms with Gasteiger partial charge in [-0.15, -0.1) is 0 Å². The Morgan fingerprint density at radius 2 is 1.95 bits per heavy atom. The third-order valence-electron chi connectivity index (χ3n) is 3.58. The first-order chi connectivity index (χ1) is 8.99. The number of hydrogen-bond donors (Lipinski definition) is 1. The highest BCUT2D eigenvalue weighted by Crippen LogP contribution is 2.29. The fourth-order valence-corrected chi connectivity index (χ4v) is 2.83. The van der Waals surface area contributed by atoms with E-state index in [0.29, 0.717) is 5.56 Å². The number of amides is 1. The smallest absolute Gasteiger partial charge is 0.220 e. The molecule has 19 heavy (non-hydrogen) atoms. The van der Waals surface area contributed by atoms with Crippen LogP contribution in [0.15, 0.2) is 22.7 Å². The second-order valence-electron chi connectivity index (χ2n) is 4.88. The zero-order chi connectivity index (χ0) is 14.0. The molecular weight excluding hydrogens is 308 g/mol. The van der Waals surface area contributed by atoms with E-state index in [0.717, 1.165) is 36.1 Å². The van der Waals surface area contributed by atoms with E-state index in [4.69, 9.17) is 5.73 Å². The molecule has 4 nitrogen and oxygen atoms in total. The van der Waals surface area contributed by atoms with Gasteiger partial charge in [0.1, 0.15) is 0 Å². The Morgan fingerprint density at radius 1 is 1.32 bits per heavy atom. The molecule has 0 bridgehead atoms. The van der Waals surface area contributed by atoms with Gasteiger partial charge >= 0.3 is 0 Å². The predicted molar refractivity (Wildman–Crippen MR) is 78.3 cm³/mol. The van der Waals surface area contributed by atoms with Gasteiger partial charge in [0.05, 0.1) is 0 Å². The van der Waals surface area contributed by atoms with Gasteiger partial charge in [-0.2, -0.15) is 0 Å². The average molecular weight is 325 g/mol. The van der Waals surface area contributed by atoms with Gasteiger partial charge in [0.2, 0.25) is 5.91 Å². The van der Waals surface area contributed by atoms with Crippen LogP contribution < -0.4 is 10.6 Å². The van der Waals surface area contributed by atoms with Crippen LogP contribution in [0.3, 0.4) is 0 Å². The Kier molecular flexibility index (Phi) is 4.24. The van der Waals surface area contributed by atoms with Crippen LogP contribution in [0.2, 0.25) is 0 Å². The molecule has 1 aromatic carbocycles. The van der Waals surface area contributed by atoms with E-state index >= 15 is 0 Å². The van der Waals surface area contributed by atoms with Crippen LogP contribution in [0.25, 0.3) is 0 Å². The second-order valence-corrected chi connectivity index (χ2v) is 5.80. The number of carbonyl (C=O) groups excluding carboxylic acids is 2. The maximum atomic E-state index is 11.7. The molecule has 0 radical (unpaired) electrons. The number of halogens is 1. The first-order valence-corrected chi connectivity index (χ1v) is 7.13. The molecule has 0 aliphatic carbocycles. The lowest BCUT2D eigenvalue weighted by Crippen LogP contribution is -2.39. The van der Waals surface area contributed by atoms with E-state index in [-0.39, 0.29) is 17.6 Å². The van der Waals surface area contributed by atoms with Crippen molar-refractivity contribution >= 4 is 33.3 Å². The molecule has 1 aliphatic rings. The van der Waals surface area contributed by atoms with Crippen LogP contribution in [0.1, 0.15) is 30.1 Å². The first-order valence-electron chi connectivity index (χ1n) is 6.34. The Hall–Kier alpha value is -1.36. The van der Waals surface area contributed by atoms with Crippen molar-refractivity contribution in [2.24, 2.45) is 11.7 Å². The van der Waals surface area contributed by atoms with E-state index < -0.39 is 0 Å². The second kappa shape index (κ2) is 5.74. The number of benzene rings is 1. The zero-order valence-electron chi connectivity index (χ0n) is 10.9. The van der Waals surface area contributed by atoms with Crippen LogP contribution in [-0.2, 0) is 4.79 Å². The molecule has 1 saturated heterocycles. The van der Waals surface area contributed by atoms with E-state index in [9.17, 15) is 9.59 Å². The minimum absolute atomic E-state index is 0.0347. The van der Waals surface area contributed by atoms with Crippen molar-refractivity contribution in [3.63, 3.8) is 0 Å². The lowest BCUT2D eigenvalue weighted by molar-refractivity contribution is -0.122. The highest BCUT2D eigenvalue weighted by Gasteiger charge is 2.25. The van der Waals surface area contributed by atoms with Crippen LogP contribution in [-0.4, -0.2) is 24.8 Å². The summed E-state index contributed by atoms with van der Waals surface area (Å²) < 4.78 is 0.897. The minimum atomic E-state index is -0.220. The van der Waals surface area contributed by atoms with Gasteiger partial charge in [0, 0.05) is 34.7 Å². The van der Waals surface area contributed by atoms with Crippen molar-refractivity contribution in [3.05, 3.63) is 28.2 Å². The van der Waals surface area contributed by atoms with Crippen LogP contribution in [0.4, 0.5) is 5.69 Å². The van der Waals surface area contributed by atoms with Crippen LogP contribution >= 0.6 is 15.9 Å². The molecule has 0 aromatic heterocycles. The molecule has 1 heterocycles. The number of nitrogens with zero attached hydrogens (tertiary/aromatic N) is 1. The van der Waals surface area contributed by atoms with Crippen molar-refractivity contribution in [2.75, 3.05) is 18.0 Å². The maximum absolute atomic E-state index is 11.7. The Balaban J connectivity index is 2.20. The van der Waals surface area contributed by atoms with Crippen molar-refractivity contribution in [1.29, 1.82) is 0 Å². The van der Waals surface area contributed by atoms with E-state index in [1.54, 1.807) is 6.92 Å². The Bertz CT molecular complexity index is 508. The summed E-state index contributed by atoms with van der Waals surface area (Å²) >= 11 is 3.39. The quantitative estimate of drug-likeness (QED) is 0.868. The zero-order valence-corrected chi connectivity index (χ0v) is 12.4. The molecule has 2 rings (SSSR count). The van der Waals surface area contributed by atoms with Crippen LogP contribution in [0, 0.1) is 5.92 Å². The summed E-state index contributed by atoms with van der Waals surface area (Å²) in [5.41, 5.74) is 6.99. The van der Waals surface area contributed by atoms with Crippen molar-refractivity contribution in [1.82, 2.24) is 0 Å². The fraction of sp³-hybridized carbons (Fsp3) is 0.429. The SMILES string of the molecule is CC(=O)c1cc(Br)ccc1N1CCC(C(N)=O)CC1. The first kappa shape index (κ1) is 14.1. The monoisotopic (exact) mass is 324 g/mol. The normalized spacial score (nSPS) is 16.4. The molecule has 102 valence electrons. The third-order valence-corrected chi connectivity index (χ3v) is 4.07. The largest absolute Gasteiger partial charge is 0.371 e. The minimum Gasteiger partial charge on any atom is -0.371 e. The molecular formula is C14H17BrN2O2. The van der Waals surface area contributed by atoms with Crippen molar-refractivity contribution in [2.45, 2.75) is 19.8 Å². The number of ketones is 1. The summed E-state index contributed by atoms with van der Waals surface area (Å²) in [6.07, 6.45) is 1.51. The highest BCUT2D eigenvalue weighted by atomic mass is 79.9. The fourth-order valence-electron chi connectivity index (χ4n) is 2.47. The summed E-state index contributed by atoms with van der Waals surface area (Å²) in [5, 5.41) is 0. The number of anilines is 1. The van der Waals surface area contributed by atoms with Gasteiger partial charge < -0.3 is 10.6 Å². The molecule has 0 spiro atoms. The van der Waals surface area contributed by atoms with E-state index in [2.05, 4.69) is 20.8 Å². The topological polar surface area (TPSA) is 63.4 Å². The summed E-state index contributed by atoms with van der Waals surface area (Å²) in [5.74, 6) is -0.206. The molecule has 1 fully saturated rings. The van der Waals surface area contributed by atoms with Crippen LogP contribution in [0.5, 0.6) is 0 Å². The summed E-state index contributed by atoms with van der Waals surface area (Å²) in [7, 11) is 0. The lowest BCUT2D eigenvalue weighted by atomic mass is 9.95. The van der Waals surface area contributed by atoms with E-state index in [1.807, 2.05) is 18.2 Å². The number of piperidine rings is 1. The molecule has 1 amide bonds. The summed E-state index contributed by atoms with van der Waals surface area (Å²) in [4.78, 5) is 25.0. The lowest BCUT2D eigenvalue weighted by Gasteiger charge is -2.33. The van der Waals surface area contributed by atoms with Gasteiger partial charge in [0.25, 0.3) is 0 Å². The number of Topliss-reactive ketones (excluding diaryl/α,β-unsaturated/α-hetero) is 1.